The molecule has 0 aliphatic rings. The monoisotopic (exact) mass is 158 g/mol. The smallest absolute Gasteiger partial charge is 0.307 e. The standard InChI is InChI=1S/C8H16NO2/c1-3-6-9-7-5-8(10)11-4-2/h9H,1,3-7H2,2H3. The van der Waals surface area contributed by atoms with Gasteiger partial charge >= 0.3 is 5.97 Å². The molecule has 0 spiro atoms. The second-order valence-corrected chi connectivity index (χ2v) is 2.16. The molecule has 0 aliphatic carbocycles. The predicted octanol–water partition coefficient (Wildman–Crippen LogP) is 0.753. The third-order valence-electron chi connectivity index (χ3n) is 1.16. The molecule has 0 amide bonds. The quantitative estimate of drug-likeness (QED) is 0.458. The maximum atomic E-state index is 10.7. The molecular formula is C8H16NO2. The van der Waals surface area contributed by atoms with Crippen molar-refractivity contribution in [2.24, 2.45) is 0 Å². The zero-order valence-electron chi connectivity index (χ0n) is 7.06. The van der Waals surface area contributed by atoms with Gasteiger partial charge in [-0.2, -0.15) is 0 Å². The van der Waals surface area contributed by atoms with Crippen molar-refractivity contribution >= 4 is 5.97 Å². The Labute approximate surface area is 68.1 Å². The molecule has 0 unspecified atom stereocenters. The molecule has 0 saturated carbocycles. The number of hydrogen-bond donors (Lipinski definition) is 1. The van der Waals surface area contributed by atoms with E-state index < -0.39 is 0 Å². The van der Waals surface area contributed by atoms with Crippen molar-refractivity contribution in [1.29, 1.82) is 0 Å². The summed E-state index contributed by atoms with van der Waals surface area (Å²) in [5.74, 6) is -0.135. The van der Waals surface area contributed by atoms with Crippen molar-refractivity contribution in [3.63, 3.8) is 0 Å². The second-order valence-electron chi connectivity index (χ2n) is 2.16. The first kappa shape index (κ1) is 10.4. The minimum absolute atomic E-state index is 0.135. The Bertz CT molecular complexity index is 104. The zero-order valence-corrected chi connectivity index (χ0v) is 7.06. The first-order valence-electron chi connectivity index (χ1n) is 3.96. The minimum Gasteiger partial charge on any atom is -0.466 e. The SMILES string of the molecule is [CH2]CCNCCC(=O)OCC. The normalized spacial score (nSPS) is 9.64. The average molecular weight is 158 g/mol. The van der Waals surface area contributed by atoms with Crippen molar-refractivity contribution in [3.05, 3.63) is 6.92 Å². The van der Waals surface area contributed by atoms with Gasteiger partial charge < -0.3 is 10.1 Å². The summed E-state index contributed by atoms with van der Waals surface area (Å²) in [7, 11) is 0. The molecule has 0 fully saturated rings. The van der Waals surface area contributed by atoms with E-state index in [1.807, 2.05) is 0 Å². The molecule has 0 rings (SSSR count). The van der Waals surface area contributed by atoms with Gasteiger partial charge in [0, 0.05) is 6.54 Å². The molecule has 0 bridgehead atoms. The average Bonchev–Trinajstić information content (AvgIpc) is 1.99. The van der Waals surface area contributed by atoms with Crippen molar-refractivity contribution < 1.29 is 9.53 Å². The van der Waals surface area contributed by atoms with Crippen LogP contribution < -0.4 is 5.32 Å². The van der Waals surface area contributed by atoms with E-state index in [0.717, 1.165) is 13.0 Å². The molecule has 0 saturated heterocycles. The minimum atomic E-state index is -0.135. The summed E-state index contributed by atoms with van der Waals surface area (Å²) < 4.78 is 4.73. The maximum absolute atomic E-state index is 10.7. The molecule has 3 heteroatoms. The van der Waals surface area contributed by atoms with E-state index >= 15 is 0 Å². The van der Waals surface area contributed by atoms with E-state index in [0.29, 0.717) is 19.6 Å². The lowest BCUT2D eigenvalue weighted by Crippen LogP contribution is -2.19. The molecule has 0 aliphatic heterocycles. The maximum Gasteiger partial charge on any atom is 0.307 e. The third-order valence-corrected chi connectivity index (χ3v) is 1.16. The van der Waals surface area contributed by atoms with Crippen molar-refractivity contribution in [2.75, 3.05) is 19.7 Å². The van der Waals surface area contributed by atoms with E-state index in [-0.39, 0.29) is 5.97 Å². The predicted molar refractivity (Wildman–Crippen MR) is 44.1 cm³/mol. The van der Waals surface area contributed by atoms with Crippen LogP contribution in [0.25, 0.3) is 0 Å². The Morgan fingerprint density at radius 2 is 2.27 bits per heavy atom. The van der Waals surface area contributed by atoms with Crippen LogP contribution in [0.4, 0.5) is 0 Å². The summed E-state index contributed by atoms with van der Waals surface area (Å²) in [6, 6.07) is 0. The summed E-state index contributed by atoms with van der Waals surface area (Å²) in [4.78, 5) is 10.7. The molecular weight excluding hydrogens is 142 g/mol. The molecule has 65 valence electrons. The van der Waals surface area contributed by atoms with Gasteiger partial charge in [-0.25, -0.2) is 0 Å². The number of carbonyl (C=O) groups is 1. The Balaban J connectivity index is 3.04. The highest BCUT2D eigenvalue weighted by Crippen LogP contribution is 1.83. The van der Waals surface area contributed by atoms with Crippen LogP contribution in [0.3, 0.4) is 0 Å². The van der Waals surface area contributed by atoms with Gasteiger partial charge in [0.15, 0.2) is 0 Å². The fraction of sp³-hybridized carbons (Fsp3) is 0.750. The highest BCUT2D eigenvalue weighted by atomic mass is 16.5. The van der Waals surface area contributed by atoms with Crippen molar-refractivity contribution in [1.82, 2.24) is 5.32 Å². The summed E-state index contributed by atoms with van der Waals surface area (Å²) in [6.07, 6.45) is 1.30. The summed E-state index contributed by atoms with van der Waals surface area (Å²) in [6.45, 7) is 7.48. The number of rotatable bonds is 6. The highest BCUT2D eigenvalue weighted by molar-refractivity contribution is 5.69. The van der Waals surface area contributed by atoms with E-state index in [4.69, 9.17) is 4.74 Å². The molecule has 3 nitrogen and oxygen atoms in total. The Kier molecular flexibility index (Phi) is 7.15. The first-order valence-corrected chi connectivity index (χ1v) is 3.96. The molecule has 1 N–H and O–H groups in total. The third kappa shape index (κ3) is 7.33. The first-order chi connectivity index (χ1) is 5.31. The highest BCUT2D eigenvalue weighted by Gasteiger charge is 1.98. The van der Waals surface area contributed by atoms with E-state index in [9.17, 15) is 4.79 Å². The van der Waals surface area contributed by atoms with Crippen LogP contribution in [-0.4, -0.2) is 25.7 Å². The Hall–Kier alpha value is -0.570. The van der Waals surface area contributed by atoms with Crippen LogP contribution in [-0.2, 0) is 9.53 Å². The Morgan fingerprint density at radius 1 is 1.55 bits per heavy atom. The van der Waals surface area contributed by atoms with Crippen molar-refractivity contribution in [3.8, 4) is 0 Å². The van der Waals surface area contributed by atoms with Crippen LogP contribution in [0, 0.1) is 6.92 Å². The number of nitrogens with one attached hydrogen (secondary N) is 1. The molecule has 0 aromatic carbocycles. The van der Waals surface area contributed by atoms with E-state index in [1.54, 1.807) is 6.92 Å². The van der Waals surface area contributed by atoms with Crippen LogP contribution in [0.15, 0.2) is 0 Å². The van der Waals surface area contributed by atoms with Crippen molar-refractivity contribution in [2.45, 2.75) is 19.8 Å². The van der Waals surface area contributed by atoms with Gasteiger partial charge in [-0.3, -0.25) is 4.79 Å². The zero-order chi connectivity index (χ0) is 8.53. The summed E-state index contributed by atoms with van der Waals surface area (Å²) in [5.41, 5.74) is 0. The van der Waals surface area contributed by atoms with Crippen LogP contribution in [0.2, 0.25) is 0 Å². The second kappa shape index (κ2) is 7.54. The summed E-state index contributed by atoms with van der Waals surface area (Å²) in [5, 5.41) is 3.06. The van der Waals surface area contributed by atoms with Gasteiger partial charge in [0.1, 0.15) is 0 Å². The van der Waals surface area contributed by atoms with E-state index in [1.165, 1.54) is 0 Å². The lowest BCUT2D eigenvalue weighted by atomic mass is 10.4. The molecule has 11 heavy (non-hydrogen) atoms. The van der Waals surface area contributed by atoms with E-state index in [2.05, 4.69) is 12.2 Å². The van der Waals surface area contributed by atoms with Gasteiger partial charge in [0.05, 0.1) is 13.0 Å². The van der Waals surface area contributed by atoms with Gasteiger partial charge in [-0.15, -0.1) is 0 Å². The molecule has 0 heterocycles. The molecule has 0 atom stereocenters. The lowest BCUT2D eigenvalue weighted by Gasteiger charge is -2.02. The van der Waals surface area contributed by atoms with Crippen LogP contribution >= 0.6 is 0 Å². The molecule has 1 radical (unpaired) electrons. The lowest BCUT2D eigenvalue weighted by molar-refractivity contribution is -0.142. The number of hydrogen-bond acceptors (Lipinski definition) is 3. The summed E-state index contributed by atoms with van der Waals surface area (Å²) >= 11 is 0. The number of esters is 1. The fourth-order valence-electron chi connectivity index (χ4n) is 0.674. The van der Waals surface area contributed by atoms with Gasteiger partial charge in [-0.05, 0) is 19.9 Å². The topological polar surface area (TPSA) is 38.3 Å². The fourth-order valence-corrected chi connectivity index (χ4v) is 0.674. The largest absolute Gasteiger partial charge is 0.466 e. The Morgan fingerprint density at radius 3 is 2.82 bits per heavy atom. The number of carbonyl (C=O) groups excluding carboxylic acids is 1. The van der Waals surface area contributed by atoms with Crippen LogP contribution in [0.1, 0.15) is 19.8 Å². The molecule has 0 aromatic rings. The van der Waals surface area contributed by atoms with Gasteiger partial charge in [-0.1, -0.05) is 6.92 Å². The van der Waals surface area contributed by atoms with Crippen LogP contribution in [0.5, 0.6) is 0 Å². The number of ether oxygens (including phenoxy) is 1. The van der Waals surface area contributed by atoms with Gasteiger partial charge in [0.2, 0.25) is 0 Å². The van der Waals surface area contributed by atoms with Gasteiger partial charge in [0.25, 0.3) is 0 Å². The molecule has 0 aromatic heterocycles.